The Labute approximate surface area is 113 Å². The highest BCUT2D eigenvalue weighted by molar-refractivity contribution is 6.00. The van der Waals surface area contributed by atoms with E-state index >= 15 is 0 Å². The van der Waals surface area contributed by atoms with Crippen molar-refractivity contribution in [1.29, 1.82) is 0 Å². The summed E-state index contributed by atoms with van der Waals surface area (Å²) in [5, 5.41) is 2.96. The van der Waals surface area contributed by atoms with Gasteiger partial charge in [0.05, 0.1) is 5.56 Å². The molecular formula is C14H20N2O3. The van der Waals surface area contributed by atoms with Crippen molar-refractivity contribution in [3.63, 3.8) is 0 Å². The van der Waals surface area contributed by atoms with Gasteiger partial charge in [-0.2, -0.15) is 0 Å². The standard InChI is InChI=1S/C14H20N2O3/c1-4-8(2)9(3)16-14(17)10-5-12-13(6-11(10)15)19-7-18-12/h5-6,8-9H,4,7,15H2,1-3H3,(H,16,17). The van der Waals surface area contributed by atoms with Crippen LogP contribution in [0.25, 0.3) is 0 Å². The summed E-state index contributed by atoms with van der Waals surface area (Å²) in [6.45, 7) is 6.37. The largest absolute Gasteiger partial charge is 0.454 e. The molecule has 19 heavy (non-hydrogen) atoms. The number of hydrogen-bond donors (Lipinski definition) is 2. The Hall–Kier alpha value is -1.91. The summed E-state index contributed by atoms with van der Waals surface area (Å²) in [7, 11) is 0. The second kappa shape index (κ2) is 5.38. The van der Waals surface area contributed by atoms with Gasteiger partial charge in [0.2, 0.25) is 6.79 Å². The van der Waals surface area contributed by atoms with E-state index in [1.165, 1.54) is 0 Å². The lowest BCUT2D eigenvalue weighted by molar-refractivity contribution is 0.0928. The summed E-state index contributed by atoms with van der Waals surface area (Å²) in [6.07, 6.45) is 1.01. The smallest absolute Gasteiger partial charge is 0.253 e. The summed E-state index contributed by atoms with van der Waals surface area (Å²) in [5.41, 5.74) is 6.71. The fourth-order valence-corrected chi connectivity index (χ4v) is 1.93. The molecule has 2 rings (SSSR count). The predicted molar refractivity (Wildman–Crippen MR) is 73.4 cm³/mol. The lowest BCUT2D eigenvalue weighted by Crippen LogP contribution is -2.37. The first-order valence-electron chi connectivity index (χ1n) is 6.53. The van der Waals surface area contributed by atoms with E-state index in [1.807, 2.05) is 6.92 Å². The van der Waals surface area contributed by atoms with E-state index in [0.29, 0.717) is 28.7 Å². The number of amides is 1. The molecule has 1 amide bonds. The number of fused-ring (bicyclic) bond motifs is 1. The van der Waals surface area contributed by atoms with Crippen LogP contribution in [0.4, 0.5) is 5.69 Å². The van der Waals surface area contributed by atoms with Gasteiger partial charge < -0.3 is 20.5 Å². The van der Waals surface area contributed by atoms with Crippen LogP contribution in [0.2, 0.25) is 0 Å². The topological polar surface area (TPSA) is 73.6 Å². The number of anilines is 1. The molecule has 0 saturated carbocycles. The number of carbonyl (C=O) groups excluding carboxylic acids is 1. The highest BCUT2D eigenvalue weighted by atomic mass is 16.7. The minimum Gasteiger partial charge on any atom is -0.454 e. The van der Waals surface area contributed by atoms with Crippen LogP contribution in [0.3, 0.4) is 0 Å². The molecule has 1 aromatic carbocycles. The molecule has 0 aliphatic carbocycles. The Kier molecular flexibility index (Phi) is 3.83. The number of hydrogen-bond acceptors (Lipinski definition) is 4. The van der Waals surface area contributed by atoms with E-state index < -0.39 is 0 Å². The van der Waals surface area contributed by atoms with Crippen LogP contribution < -0.4 is 20.5 Å². The van der Waals surface area contributed by atoms with Crippen LogP contribution in [0.15, 0.2) is 12.1 Å². The molecule has 5 heteroatoms. The normalized spacial score (nSPS) is 15.9. The van der Waals surface area contributed by atoms with E-state index in [4.69, 9.17) is 15.2 Å². The molecule has 1 aliphatic heterocycles. The maximum absolute atomic E-state index is 12.2. The van der Waals surface area contributed by atoms with E-state index in [9.17, 15) is 4.79 Å². The summed E-state index contributed by atoms with van der Waals surface area (Å²) in [4.78, 5) is 12.2. The lowest BCUT2D eigenvalue weighted by Gasteiger charge is -2.20. The molecule has 104 valence electrons. The Balaban J connectivity index is 2.15. The SMILES string of the molecule is CCC(C)C(C)NC(=O)c1cc2c(cc1N)OCO2. The number of nitrogens with one attached hydrogen (secondary N) is 1. The van der Waals surface area contributed by atoms with E-state index in [2.05, 4.69) is 19.2 Å². The van der Waals surface area contributed by atoms with Crippen molar-refractivity contribution >= 4 is 11.6 Å². The predicted octanol–water partition coefficient (Wildman–Crippen LogP) is 2.16. The highest BCUT2D eigenvalue weighted by Gasteiger charge is 2.21. The minimum absolute atomic E-state index is 0.0994. The van der Waals surface area contributed by atoms with Crippen molar-refractivity contribution < 1.29 is 14.3 Å². The summed E-state index contributed by atoms with van der Waals surface area (Å²) >= 11 is 0. The van der Waals surface area contributed by atoms with Gasteiger partial charge in [0.1, 0.15) is 0 Å². The molecule has 0 fully saturated rings. The monoisotopic (exact) mass is 264 g/mol. The molecule has 1 heterocycles. The van der Waals surface area contributed by atoms with Crippen molar-refractivity contribution in [2.24, 2.45) is 5.92 Å². The van der Waals surface area contributed by atoms with Gasteiger partial charge >= 0.3 is 0 Å². The third-order valence-electron chi connectivity index (χ3n) is 3.65. The van der Waals surface area contributed by atoms with Crippen molar-refractivity contribution in [3.8, 4) is 11.5 Å². The molecule has 0 aromatic heterocycles. The third-order valence-corrected chi connectivity index (χ3v) is 3.65. The first-order chi connectivity index (χ1) is 9.02. The molecule has 1 aliphatic rings. The molecule has 0 radical (unpaired) electrons. The number of carbonyl (C=O) groups is 1. The van der Waals surface area contributed by atoms with Crippen LogP contribution in [-0.4, -0.2) is 18.7 Å². The van der Waals surface area contributed by atoms with Crippen LogP contribution in [0, 0.1) is 5.92 Å². The van der Waals surface area contributed by atoms with Crippen molar-refractivity contribution in [3.05, 3.63) is 17.7 Å². The number of rotatable bonds is 4. The fraction of sp³-hybridized carbons (Fsp3) is 0.500. The zero-order valence-electron chi connectivity index (χ0n) is 11.5. The van der Waals surface area contributed by atoms with Gasteiger partial charge in [-0.25, -0.2) is 0 Å². The Bertz CT molecular complexity index is 488. The van der Waals surface area contributed by atoms with Gasteiger partial charge in [0, 0.05) is 17.8 Å². The zero-order chi connectivity index (χ0) is 14.0. The number of nitrogen functional groups attached to an aromatic ring is 1. The number of ether oxygens (including phenoxy) is 2. The van der Waals surface area contributed by atoms with Crippen LogP contribution >= 0.6 is 0 Å². The second-order valence-corrected chi connectivity index (χ2v) is 4.94. The molecule has 5 nitrogen and oxygen atoms in total. The van der Waals surface area contributed by atoms with Gasteiger partial charge in [-0.05, 0) is 18.9 Å². The maximum atomic E-state index is 12.2. The molecule has 0 spiro atoms. The lowest BCUT2D eigenvalue weighted by atomic mass is 10.0. The molecule has 2 unspecified atom stereocenters. The number of benzene rings is 1. The van der Waals surface area contributed by atoms with E-state index in [-0.39, 0.29) is 18.7 Å². The molecule has 0 saturated heterocycles. The van der Waals surface area contributed by atoms with Crippen molar-refractivity contribution in [1.82, 2.24) is 5.32 Å². The summed E-state index contributed by atoms with van der Waals surface area (Å²) < 4.78 is 10.5. The van der Waals surface area contributed by atoms with Crippen molar-refractivity contribution in [2.75, 3.05) is 12.5 Å². The average Bonchev–Trinajstić information content (AvgIpc) is 2.83. The van der Waals surface area contributed by atoms with Gasteiger partial charge in [-0.1, -0.05) is 20.3 Å². The fourth-order valence-electron chi connectivity index (χ4n) is 1.93. The van der Waals surface area contributed by atoms with Gasteiger partial charge in [0.25, 0.3) is 5.91 Å². The zero-order valence-corrected chi connectivity index (χ0v) is 11.5. The van der Waals surface area contributed by atoms with Gasteiger partial charge in [-0.3, -0.25) is 4.79 Å². The Morgan fingerprint density at radius 1 is 1.37 bits per heavy atom. The van der Waals surface area contributed by atoms with Crippen LogP contribution in [0.5, 0.6) is 11.5 Å². The second-order valence-electron chi connectivity index (χ2n) is 4.94. The van der Waals surface area contributed by atoms with Gasteiger partial charge in [-0.15, -0.1) is 0 Å². The first kappa shape index (κ1) is 13.5. The molecular weight excluding hydrogens is 244 g/mol. The van der Waals surface area contributed by atoms with Crippen LogP contribution in [-0.2, 0) is 0 Å². The highest BCUT2D eigenvalue weighted by Crippen LogP contribution is 2.35. The van der Waals surface area contributed by atoms with Crippen molar-refractivity contribution in [2.45, 2.75) is 33.2 Å². The Morgan fingerprint density at radius 2 is 2.00 bits per heavy atom. The summed E-state index contributed by atoms with van der Waals surface area (Å²) in [5.74, 6) is 1.39. The molecule has 2 atom stereocenters. The minimum atomic E-state index is -0.177. The quantitative estimate of drug-likeness (QED) is 0.817. The maximum Gasteiger partial charge on any atom is 0.253 e. The Morgan fingerprint density at radius 3 is 2.63 bits per heavy atom. The van der Waals surface area contributed by atoms with E-state index in [0.717, 1.165) is 6.42 Å². The average molecular weight is 264 g/mol. The summed E-state index contributed by atoms with van der Waals surface area (Å²) in [6, 6.07) is 3.36. The first-order valence-corrected chi connectivity index (χ1v) is 6.53. The van der Waals surface area contributed by atoms with Crippen LogP contribution in [0.1, 0.15) is 37.6 Å². The number of nitrogens with two attached hydrogens (primary N) is 1. The molecule has 3 N–H and O–H groups in total. The molecule has 1 aromatic rings. The molecule has 0 bridgehead atoms. The van der Waals surface area contributed by atoms with E-state index in [1.54, 1.807) is 12.1 Å². The third kappa shape index (κ3) is 2.75. The van der Waals surface area contributed by atoms with Gasteiger partial charge in [0.15, 0.2) is 11.5 Å².